The van der Waals surface area contributed by atoms with E-state index in [1.807, 2.05) is 0 Å². The number of amides is 1. The number of carbonyl (C=O) groups is 1. The molecule has 3 rings (SSSR count). The molecule has 0 spiro atoms. The highest BCUT2D eigenvalue weighted by Crippen LogP contribution is 2.18. The van der Waals surface area contributed by atoms with Gasteiger partial charge in [-0.1, -0.05) is 6.92 Å². The lowest BCUT2D eigenvalue weighted by molar-refractivity contribution is 0.102. The Hall–Kier alpha value is -3.44. The fourth-order valence-corrected chi connectivity index (χ4v) is 4.94. The third-order valence-corrected chi connectivity index (χ3v) is 7.14. The molecule has 0 saturated carbocycles. The van der Waals surface area contributed by atoms with Crippen molar-refractivity contribution >= 4 is 43.0 Å². The van der Waals surface area contributed by atoms with Gasteiger partial charge in [-0.25, -0.2) is 16.8 Å². The molecular formula is C21H22N4O5S2. The molecule has 0 radical (unpaired) electrons. The first-order chi connectivity index (χ1) is 15.2. The summed E-state index contributed by atoms with van der Waals surface area (Å²) in [6.45, 7) is 1.78. The standard InChI is InChI=1S/C21H22N4O5S2/c1-2-15-31(27,28)24-18-7-5-17(6-8-18)23-21(26)16-3-9-20(10-4-16)32(29,30)25-19-11-13-22-14-12-19/h3-14,24H,2,15H2,1H3,(H,22,25)(H,23,26). The second kappa shape index (κ2) is 9.79. The molecule has 0 saturated heterocycles. The van der Waals surface area contributed by atoms with Crippen LogP contribution in [0.5, 0.6) is 0 Å². The second-order valence-corrected chi connectivity index (χ2v) is 10.3. The van der Waals surface area contributed by atoms with E-state index in [0.29, 0.717) is 23.5 Å². The molecule has 11 heteroatoms. The summed E-state index contributed by atoms with van der Waals surface area (Å²) in [4.78, 5) is 16.3. The third kappa shape index (κ3) is 6.28. The van der Waals surface area contributed by atoms with Gasteiger partial charge in [0.2, 0.25) is 10.0 Å². The smallest absolute Gasteiger partial charge is 0.261 e. The monoisotopic (exact) mass is 474 g/mol. The Balaban J connectivity index is 1.65. The Morgan fingerprint density at radius 1 is 0.781 bits per heavy atom. The van der Waals surface area contributed by atoms with Crippen LogP contribution in [0.15, 0.2) is 78.0 Å². The summed E-state index contributed by atoms with van der Waals surface area (Å²) >= 11 is 0. The molecule has 0 aliphatic carbocycles. The normalized spacial score (nSPS) is 11.5. The third-order valence-electron chi connectivity index (χ3n) is 4.25. The Kier molecular flexibility index (Phi) is 7.11. The van der Waals surface area contributed by atoms with Crippen LogP contribution in [-0.2, 0) is 20.0 Å². The van der Waals surface area contributed by atoms with E-state index < -0.39 is 26.0 Å². The van der Waals surface area contributed by atoms with Crippen LogP contribution in [0.25, 0.3) is 0 Å². The highest BCUT2D eigenvalue weighted by molar-refractivity contribution is 7.93. The van der Waals surface area contributed by atoms with Crippen LogP contribution in [-0.4, -0.2) is 33.5 Å². The van der Waals surface area contributed by atoms with Crippen LogP contribution in [0.3, 0.4) is 0 Å². The summed E-state index contributed by atoms with van der Waals surface area (Å²) in [6.07, 6.45) is 3.44. The van der Waals surface area contributed by atoms with Gasteiger partial charge in [0, 0.05) is 29.3 Å². The van der Waals surface area contributed by atoms with Gasteiger partial charge in [0.05, 0.1) is 16.3 Å². The zero-order chi connectivity index (χ0) is 23.2. The molecular weight excluding hydrogens is 452 g/mol. The number of hydrogen-bond donors (Lipinski definition) is 3. The van der Waals surface area contributed by atoms with E-state index in [1.165, 1.54) is 48.8 Å². The number of nitrogens with zero attached hydrogens (tertiary/aromatic N) is 1. The summed E-state index contributed by atoms with van der Waals surface area (Å²) in [6, 6.07) is 14.8. The lowest BCUT2D eigenvalue weighted by atomic mass is 10.2. The van der Waals surface area contributed by atoms with Crippen molar-refractivity contribution in [2.45, 2.75) is 18.2 Å². The van der Waals surface area contributed by atoms with Crippen molar-refractivity contribution in [1.82, 2.24) is 4.98 Å². The van der Waals surface area contributed by atoms with Crippen molar-refractivity contribution in [1.29, 1.82) is 0 Å². The van der Waals surface area contributed by atoms with E-state index in [9.17, 15) is 21.6 Å². The minimum atomic E-state index is -3.80. The number of sulfonamides is 2. The lowest BCUT2D eigenvalue weighted by Crippen LogP contribution is -2.16. The average molecular weight is 475 g/mol. The molecule has 9 nitrogen and oxygen atoms in total. The molecule has 32 heavy (non-hydrogen) atoms. The molecule has 3 aromatic rings. The van der Waals surface area contributed by atoms with Gasteiger partial charge in [-0.3, -0.25) is 19.2 Å². The number of rotatable bonds is 9. The van der Waals surface area contributed by atoms with Gasteiger partial charge in [-0.2, -0.15) is 0 Å². The molecule has 2 aromatic carbocycles. The van der Waals surface area contributed by atoms with Gasteiger partial charge in [0.25, 0.3) is 15.9 Å². The molecule has 0 unspecified atom stereocenters. The average Bonchev–Trinajstić information content (AvgIpc) is 2.75. The van der Waals surface area contributed by atoms with E-state index in [0.717, 1.165) is 0 Å². The van der Waals surface area contributed by atoms with Gasteiger partial charge in [0.1, 0.15) is 0 Å². The maximum atomic E-state index is 12.5. The summed E-state index contributed by atoms with van der Waals surface area (Å²) in [5.41, 5.74) is 1.50. The summed E-state index contributed by atoms with van der Waals surface area (Å²) in [5.74, 6) is -0.412. The van der Waals surface area contributed by atoms with E-state index in [4.69, 9.17) is 0 Å². The van der Waals surface area contributed by atoms with Crippen LogP contribution in [0, 0.1) is 0 Å². The number of benzene rings is 2. The first-order valence-electron chi connectivity index (χ1n) is 9.63. The Morgan fingerprint density at radius 3 is 1.94 bits per heavy atom. The predicted octanol–water partition coefficient (Wildman–Crippen LogP) is 3.29. The molecule has 0 bridgehead atoms. The molecule has 0 aliphatic rings. The number of pyridine rings is 1. The molecule has 168 valence electrons. The van der Waals surface area contributed by atoms with Crippen molar-refractivity contribution in [3.05, 3.63) is 78.6 Å². The van der Waals surface area contributed by atoms with Crippen LogP contribution < -0.4 is 14.8 Å². The summed E-state index contributed by atoms with van der Waals surface area (Å²) in [7, 11) is -7.20. The maximum absolute atomic E-state index is 12.5. The van der Waals surface area contributed by atoms with Gasteiger partial charge in [-0.05, 0) is 67.1 Å². The Bertz CT molecular complexity index is 1280. The first kappa shape index (κ1) is 23.2. The highest BCUT2D eigenvalue weighted by atomic mass is 32.2. The molecule has 1 amide bonds. The Morgan fingerprint density at radius 2 is 1.34 bits per heavy atom. The van der Waals surface area contributed by atoms with Gasteiger partial charge < -0.3 is 5.32 Å². The van der Waals surface area contributed by atoms with Crippen LogP contribution >= 0.6 is 0 Å². The fourth-order valence-electron chi connectivity index (χ4n) is 2.74. The van der Waals surface area contributed by atoms with Crippen molar-refractivity contribution in [3.63, 3.8) is 0 Å². The zero-order valence-electron chi connectivity index (χ0n) is 17.1. The predicted molar refractivity (Wildman–Crippen MR) is 124 cm³/mol. The second-order valence-electron chi connectivity index (χ2n) is 6.82. The van der Waals surface area contributed by atoms with Gasteiger partial charge >= 0.3 is 0 Å². The highest BCUT2D eigenvalue weighted by Gasteiger charge is 2.15. The zero-order valence-corrected chi connectivity index (χ0v) is 18.8. The van der Waals surface area contributed by atoms with Crippen molar-refractivity contribution < 1.29 is 21.6 Å². The summed E-state index contributed by atoms with van der Waals surface area (Å²) < 4.78 is 53.5. The van der Waals surface area contributed by atoms with Gasteiger partial charge in [0.15, 0.2) is 0 Å². The number of anilines is 3. The van der Waals surface area contributed by atoms with Crippen LogP contribution in [0.4, 0.5) is 17.1 Å². The van der Waals surface area contributed by atoms with E-state index in [1.54, 1.807) is 31.2 Å². The van der Waals surface area contributed by atoms with Crippen molar-refractivity contribution in [2.75, 3.05) is 20.5 Å². The van der Waals surface area contributed by atoms with Crippen molar-refractivity contribution in [2.24, 2.45) is 0 Å². The largest absolute Gasteiger partial charge is 0.322 e. The molecule has 1 heterocycles. The minimum absolute atomic E-state index is 0.00887. The molecule has 0 aliphatic heterocycles. The molecule has 1 aromatic heterocycles. The van der Waals surface area contributed by atoms with Crippen LogP contribution in [0.1, 0.15) is 23.7 Å². The molecule has 0 fully saturated rings. The fraction of sp³-hybridized carbons (Fsp3) is 0.143. The Labute approximate surface area is 187 Å². The quantitative estimate of drug-likeness (QED) is 0.436. The minimum Gasteiger partial charge on any atom is -0.322 e. The number of aromatic nitrogens is 1. The summed E-state index contributed by atoms with van der Waals surface area (Å²) in [5, 5.41) is 2.68. The van der Waals surface area contributed by atoms with Gasteiger partial charge in [-0.15, -0.1) is 0 Å². The van der Waals surface area contributed by atoms with E-state index in [-0.39, 0.29) is 16.2 Å². The topological polar surface area (TPSA) is 134 Å². The lowest BCUT2D eigenvalue weighted by Gasteiger charge is -2.10. The first-order valence-corrected chi connectivity index (χ1v) is 12.8. The molecule has 3 N–H and O–H groups in total. The number of nitrogens with one attached hydrogen (secondary N) is 3. The van der Waals surface area contributed by atoms with E-state index in [2.05, 4.69) is 19.7 Å². The number of hydrogen-bond acceptors (Lipinski definition) is 6. The SMILES string of the molecule is CCCS(=O)(=O)Nc1ccc(NC(=O)c2ccc(S(=O)(=O)Nc3ccncc3)cc2)cc1. The van der Waals surface area contributed by atoms with Crippen molar-refractivity contribution in [3.8, 4) is 0 Å². The molecule has 0 atom stereocenters. The van der Waals surface area contributed by atoms with Crippen LogP contribution in [0.2, 0.25) is 0 Å². The van der Waals surface area contributed by atoms with E-state index >= 15 is 0 Å². The maximum Gasteiger partial charge on any atom is 0.261 e. The number of carbonyl (C=O) groups excluding carboxylic acids is 1.